The molecule has 1 rings (SSSR count). The Kier molecular flexibility index (Phi) is 6.27. The summed E-state index contributed by atoms with van der Waals surface area (Å²) in [5.74, 6) is 4.95. The molecule has 0 aromatic rings. The highest BCUT2D eigenvalue weighted by Crippen LogP contribution is 2.41. The van der Waals surface area contributed by atoms with Crippen molar-refractivity contribution in [2.75, 3.05) is 11.5 Å². The summed E-state index contributed by atoms with van der Waals surface area (Å²) >= 11 is 5.02. The Morgan fingerprint density at radius 3 is 2.48 bits per heavy atom. The molecule has 0 aliphatic heterocycles. The van der Waals surface area contributed by atoms with Crippen LogP contribution >= 0.6 is 24.4 Å². The Hall–Kier alpha value is -1.49. The Bertz CT molecular complexity index is 563. The lowest BCUT2D eigenvalue weighted by molar-refractivity contribution is 0.0501. The van der Waals surface area contributed by atoms with E-state index in [1.807, 2.05) is 6.07 Å². The molecule has 6 heteroatoms. The van der Waals surface area contributed by atoms with Crippen molar-refractivity contribution in [1.82, 2.24) is 0 Å². The molecule has 110 valence electrons. The van der Waals surface area contributed by atoms with Crippen LogP contribution in [0, 0.1) is 41.4 Å². The van der Waals surface area contributed by atoms with Crippen LogP contribution in [-0.4, -0.2) is 44.3 Å². The van der Waals surface area contributed by atoms with Crippen LogP contribution in [0.2, 0.25) is 0 Å². The van der Waals surface area contributed by atoms with E-state index in [0.29, 0.717) is 0 Å². The van der Waals surface area contributed by atoms with Crippen LogP contribution in [0.1, 0.15) is 0 Å². The van der Waals surface area contributed by atoms with Crippen LogP contribution in [0.4, 0.5) is 0 Å². The zero-order valence-electron chi connectivity index (χ0n) is 11.1. The molecule has 1 aliphatic rings. The molecular formula is C15H15NO3S2. The van der Waals surface area contributed by atoms with E-state index in [4.69, 9.17) is 12.8 Å². The van der Waals surface area contributed by atoms with E-state index in [0.717, 1.165) is 11.8 Å². The van der Waals surface area contributed by atoms with Gasteiger partial charge in [-0.25, -0.2) is 0 Å². The van der Waals surface area contributed by atoms with Crippen molar-refractivity contribution in [3.63, 3.8) is 0 Å². The molecule has 21 heavy (non-hydrogen) atoms. The number of hydrogen-bond acceptors (Lipinski definition) is 6. The SMILES string of the molecule is C#CC1(C#C)C=CC(O)=C(C#N)C1SCC(O)C(O)CS. The van der Waals surface area contributed by atoms with Gasteiger partial charge in [-0.15, -0.1) is 24.6 Å². The predicted octanol–water partition coefficient (Wildman–Crippen LogP) is 0.898. The van der Waals surface area contributed by atoms with E-state index in [1.54, 1.807) is 0 Å². The highest BCUT2D eigenvalue weighted by molar-refractivity contribution is 8.00. The Morgan fingerprint density at radius 1 is 1.38 bits per heavy atom. The van der Waals surface area contributed by atoms with Crippen LogP contribution in [0.25, 0.3) is 0 Å². The minimum absolute atomic E-state index is 0.0611. The molecular weight excluding hydrogens is 306 g/mol. The van der Waals surface area contributed by atoms with Crippen LogP contribution in [0.15, 0.2) is 23.5 Å². The number of allylic oxidation sites excluding steroid dienone is 2. The lowest BCUT2D eigenvalue weighted by Crippen LogP contribution is -2.36. The summed E-state index contributed by atoms with van der Waals surface area (Å²) in [7, 11) is 0. The minimum atomic E-state index is -1.16. The van der Waals surface area contributed by atoms with E-state index < -0.39 is 22.9 Å². The number of terminal acetylenes is 2. The number of aliphatic hydroxyl groups is 3. The summed E-state index contributed by atoms with van der Waals surface area (Å²) in [5.41, 5.74) is -1.10. The van der Waals surface area contributed by atoms with Crippen LogP contribution < -0.4 is 0 Å². The number of rotatable bonds is 5. The van der Waals surface area contributed by atoms with Crippen molar-refractivity contribution < 1.29 is 15.3 Å². The van der Waals surface area contributed by atoms with Gasteiger partial charge in [0.05, 0.1) is 29.1 Å². The molecule has 3 atom stereocenters. The van der Waals surface area contributed by atoms with Crippen molar-refractivity contribution >= 4 is 24.4 Å². The third-order valence-electron chi connectivity index (χ3n) is 3.12. The molecule has 0 bridgehead atoms. The van der Waals surface area contributed by atoms with Crippen LogP contribution in [0.3, 0.4) is 0 Å². The number of aliphatic hydroxyl groups excluding tert-OH is 3. The molecule has 0 fully saturated rings. The van der Waals surface area contributed by atoms with Crippen molar-refractivity contribution in [3.05, 3.63) is 23.5 Å². The maximum absolute atomic E-state index is 9.79. The molecule has 0 saturated heterocycles. The number of hydrogen-bond donors (Lipinski definition) is 4. The topological polar surface area (TPSA) is 84.5 Å². The summed E-state index contributed by atoms with van der Waals surface area (Å²) in [6, 6.07) is 1.90. The van der Waals surface area contributed by atoms with Gasteiger partial charge in [0.1, 0.15) is 11.2 Å². The second-order valence-corrected chi connectivity index (χ2v) is 5.94. The van der Waals surface area contributed by atoms with Gasteiger partial charge >= 0.3 is 0 Å². The van der Waals surface area contributed by atoms with Gasteiger partial charge in [0.25, 0.3) is 0 Å². The molecule has 3 N–H and O–H groups in total. The number of nitrogens with zero attached hydrogens (tertiary/aromatic N) is 1. The van der Waals surface area contributed by atoms with Gasteiger partial charge in [-0.2, -0.15) is 17.9 Å². The molecule has 0 aromatic heterocycles. The lowest BCUT2D eigenvalue weighted by Gasteiger charge is -2.32. The predicted molar refractivity (Wildman–Crippen MR) is 86.6 cm³/mol. The van der Waals surface area contributed by atoms with Gasteiger partial charge in [-0.3, -0.25) is 0 Å². The van der Waals surface area contributed by atoms with E-state index in [-0.39, 0.29) is 22.8 Å². The molecule has 3 unspecified atom stereocenters. The minimum Gasteiger partial charge on any atom is -0.507 e. The molecule has 0 amide bonds. The highest BCUT2D eigenvalue weighted by atomic mass is 32.2. The zero-order chi connectivity index (χ0) is 16.0. The molecule has 0 radical (unpaired) electrons. The molecule has 0 saturated carbocycles. The van der Waals surface area contributed by atoms with Crippen molar-refractivity contribution in [3.8, 4) is 30.8 Å². The quantitative estimate of drug-likeness (QED) is 0.447. The van der Waals surface area contributed by atoms with Gasteiger partial charge in [-0.05, 0) is 12.2 Å². The van der Waals surface area contributed by atoms with Gasteiger partial charge in [-0.1, -0.05) is 11.8 Å². The van der Waals surface area contributed by atoms with E-state index in [1.165, 1.54) is 12.2 Å². The number of thioether (sulfide) groups is 1. The Morgan fingerprint density at radius 2 is 2.00 bits per heavy atom. The summed E-state index contributed by atoms with van der Waals surface area (Å²) in [4.78, 5) is 0. The summed E-state index contributed by atoms with van der Waals surface area (Å²) in [6.45, 7) is 0. The van der Waals surface area contributed by atoms with Crippen LogP contribution in [0.5, 0.6) is 0 Å². The van der Waals surface area contributed by atoms with Gasteiger partial charge in [0, 0.05) is 11.5 Å². The lowest BCUT2D eigenvalue weighted by atomic mass is 9.79. The molecule has 0 aromatic carbocycles. The van der Waals surface area contributed by atoms with Crippen molar-refractivity contribution in [2.24, 2.45) is 5.41 Å². The maximum atomic E-state index is 9.79. The van der Waals surface area contributed by atoms with Crippen LogP contribution in [-0.2, 0) is 0 Å². The number of nitriles is 1. The second kappa shape index (κ2) is 7.50. The fourth-order valence-corrected chi connectivity index (χ4v) is 3.47. The summed E-state index contributed by atoms with van der Waals surface area (Å²) in [5, 5.41) is 37.6. The first-order chi connectivity index (χ1) is 9.95. The maximum Gasteiger partial charge on any atom is 0.130 e. The van der Waals surface area contributed by atoms with E-state index >= 15 is 0 Å². The Balaban J connectivity index is 3.04. The third kappa shape index (κ3) is 3.59. The largest absolute Gasteiger partial charge is 0.507 e. The van der Waals surface area contributed by atoms with Crippen molar-refractivity contribution in [2.45, 2.75) is 17.5 Å². The number of thiol groups is 1. The van der Waals surface area contributed by atoms with E-state index in [9.17, 15) is 20.6 Å². The first kappa shape index (κ1) is 17.6. The summed E-state index contributed by atoms with van der Waals surface area (Å²) in [6.07, 6.45) is 11.8. The van der Waals surface area contributed by atoms with Gasteiger partial charge in [0.15, 0.2) is 0 Å². The second-order valence-electron chi connectivity index (χ2n) is 4.43. The molecule has 4 nitrogen and oxygen atoms in total. The Labute approximate surface area is 134 Å². The normalized spacial score (nSPS) is 22.8. The standard InChI is InChI=1S/C15H15NO3S2/c1-3-15(4-2)6-5-11(17)10(7-16)14(15)21-9-13(19)12(18)8-20/h1-2,5-6,12-14,17-20H,8-9H2. The highest BCUT2D eigenvalue weighted by Gasteiger charge is 2.41. The van der Waals surface area contributed by atoms with E-state index in [2.05, 4.69) is 24.5 Å². The molecule has 0 heterocycles. The molecule has 0 spiro atoms. The third-order valence-corrected chi connectivity index (χ3v) is 4.97. The average Bonchev–Trinajstić information content (AvgIpc) is 2.52. The van der Waals surface area contributed by atoms with Gasteiger partial charge in [0.2, 0.25) is 0 Å². The zero-order valence-corrected chi connectivity index (χ0v) is 12.8. The fraction of sp³-hybridized carbons (Fsp3) is 0.400. The van der Waals surface area contributed by atoms with Gasteiger partial charge < -0.3 is 15.3 Å². The fourth-order valence-electron chi connectivity index (χ4n) is 1.80. The smallest absolute Gasteiger partial charge is 0.130 e. The first-order valence-electron chi connectivity index (χ1n) is 6.02. The molecule has 1 aliphatic carbocycles. The average molecular weight is 321 g/mol. The first-order valence-corrected chi connectivity index (χ1v) is 7.70. The monoisotopic (exact) mass is 321 g/mol. The van der Waals surface area contributed by atoms with Crippen molar-refractivity contribution in [1.29, 1.82) is 5.26 Å². The summed E-state index contributed by atoms with van der Waals surface area (Å²) < 4.78 is 0.